The van der Waals surface area contributed by atoms with Gasteiger partial charge in [0, 0.05) is 12.1 Å². The Kier molecular flexibility index (Phi) is 8.24. The molecule has 6 nitrogen and oxygen atoms in total. The molecular weight excluding hydrogens is 418 g/mol. The molecule has 0 bridgehead atoms. The van der Waals surface area contributed by atoms with Gasteiger partial charge in [-0.25, -0.2) is 0 Å². The van der Waals surface area contributed by atoms with E-state index in [4.69, 9.17) is 14.6 Å². The Morgan fingerprint density at radius 3 is 2.24 bits per heavy atom. The lowest BCUT2D eigenvalue weighted by Gasteiger charge is -2.17. The highest BCUT2D eigenvalue weighted by Crippen LogP contribution is 2.32. The number of ether oxygens (including phenoxy) is 2. The fraction of sp³-hybridized carbons (Fsp3) is 0.222. The van der Waals surface area contributed by atoms with Crippen molar-refractivity contribution in [1.29, 1.82) is 0 Å². The molecule has 0 saturated heterocycles. The van der Waals surface area contributed by atoms with E-state index in [-0.39, 0.29) is 6.54 Å². The number of aliphatic carboxylic acids is 1. The van der Waals surface area contributed by atoms with Gasteiger partial charge in [0.05, 0.1) is 20.8 Å². The summed E-state index contributed by atoms with van der Waals surface area (Å²) < 4.78 is 11.1. The highest BCUT2D eigenvalue weighted by atomic mass is 16.5. The summed E-state index contributed by atoms with van der Waals surface area (Å²) in [6.45, 7) is 1.77. The molecule has 0 amide bonds. The van der Waals surface area contributed by atoms with Crippen molar-refractivity contribution in [3.05, 3.63) is 82.9 Å². The third-order valence-electron chi connectivity index (χ3n) is 5.55. The van der Waals surface area contributed by atoms with Crippen LogP contribution in [0.25, 0.3) is 23.3 Å². The van der Waals surface area contributed by atoms with Gasteiger partial charge in [-0.05, 0) is 46.9 Å². The zero-order chi connectivity index (χ0) is 23.8. The van der Waals surface area contributed by atoms with E-state index < -0.39 is 18.6 Å². The standard InChI is InChI=1S/C27H29NO5/c1-18-20(10-7-11-22(18)21-8-5-4-6-9-21)13-12-19-14-25(32-2)23(26(15-19)33-3)16-28-24(17-29)27(30)31/h4-15,24,28-29H,16-17H2,1-3H3,(H,30,31)/b13-12+/t24-/m1/s1. The highest BCUT2D eigenvalue weighted by Gasteiger charge is 2.18. The Hall–Kier alpha value is -3.61. The van der Waals surface area contributed by atoms with Crippen molar-refractivity contribution in [1.82, 2.24) is 5.32 Å². The summed E-state index contributed by atoms with van der Waals surface area (Å²) in [4.78, 5) is 11.2. The van der Waals surface area contributed by atoms with Gasteiger partial charge in [-0.2, -0.15) is 0 Å². The summed E-state index contributed by atoms with van der Waals surface area (Å²) in [6.07, 6.45) is 4.05. The van der Waals surface area contributed by atoms with Gasteiger partial charge < -0.3 is 19.7 Å². The van der Waals surface area contributed by atoms with Crippen molar-refractivity contribution in [2.75, 3.05) is 20.8 Å². The molecule has 0 aliphatic heterocycles. The molecule has 6 heteroatoms. The minimum Gasteiger partial charge on any atom is -0.496 e. The Balaban J connectivity index is 1.89. The summed E-state index contributed by atoms with van der Waals surface area (Å²) >= 11 is 0. The molecule has 0 spiro atoms. The van der Waals surface area contributed by atoms with E-state index >= 15 is 0 Å². The van der Waals surface area contributed by atoms with Crippen LogP contribution >= 0.6 is 0 Å². The van der Waals surface area contributed by atoms with Gasteiger partial charge in [-0.15, -0.1) is 0 Å². The minimum absolute atomic E-state index is 0.173. The number of carboxylic acid groups (broad SMARTS) is 1. The van der Waals surface area contributed by atoms with Crippen LogP contribution in [0.1, 0.15) is 22.3 Å². The molecule has 33 heavy (non-hydrogen) atoms. The number of rotatable bonds is 10. The highest BCUT2D eigenvalue weighted by molar-refractivity contribution is 5.78. The average Bonchev–Trinajstić information content (AvgIpc) is 2.84. The number of nitrogens with one attached hydrogen (secondary N) is 1. The zero-order valence-corrected chi connectivity index (χ0v) is 19.0. The summed E-state index contributed by atoms with van der Waals surface area (Å²) in [7, 11) is 3.11. The number of hydrogen-bond acceptors (Lipinski definition) is 5. The molecule has 0 aliphatic carbocycles. The van der Waals surface area contributed by atoms with Crippen molar-refractivity contribution in [3.8, 4) is 22.6 Å². The predicted octanol–water partition coefficient (Wildman–Crippen LogP) is 4.38. The van der Waals surface area contributed by atoms with Gasteiger partial charge in [0.15, 0.2) is 0 Å². The van der Waals surface area contributed by atoms with Crippen molar-refractivity contribution in [2.24, 2.45) is 0 Å². The topological polar surface area (TPSA) is 88.0 Å². The maximum absolute atomic E-state index is 11.2. The molecule has 0 aliphatic rings. The van der Waals surface area contributed by atoms with Gasteiger partial charge >= 0.3 is 5.97 Å². The first-order valence-corrected chi connectivity index (χ1v) is 10.6. The second-order valence-electron chi connectivity index (χ2n) is 7.58. The van der Waals surface area contributed by atoms with Gasteiger partial charge in [0.2, 0.25) is 0 Å². The molecule has 1 atom stereocenters. The van der Waals surface area contributed by atoms with Crippen LogP contribution in [0.4, 0.5) is 0 Å². The molecule has 172 valence electrons. The first kappa shape index (κ1) is 24.0. The summed E-state index contributed by atoms with van der Waals surface area (Å²) in [6, 6.07) is 19.2. The van der Waals surface area contributed by atoms with E-state index in [1.54, 1.807) is 14.2 Å². The van der Waals surface area contributed by atoms with E-state index in [0.29, 0.717) is 17.1 Å². The van der Waals surface area contributed by atoms with E-state index in [2.05, 4.69) is 42.6 Å². The molecule has 0 unspecified atom stereocenters. The average molecular weight is 448 g/mol. The molecule has 0 radical (unpaired) electrons. The third kappa shape index (κ3) is 5.80. The van der Waals surface area contributed by atoms with Gasteiger partial charge in [-0.3, -0.25) is 10.1 Å². The van der Waals surface area contributed by atoms with Crippen molar-refractivity contribution >= 4 is 18.1 Å². The number of carbonyl (C=O) groups is 1. The molecule has 0 fully saturated rings. The smallest absolute Gasteiger partial charge is 0.323 e. The fourth-order valence-electron chi connectivity index (χ4n) is 3.68. The predicted molar refractivity (Wildman–Crippen MR) is 130 cm³/mol. The number of hydrogen-bond donors (Lipinski definition) is 3. The van der Waals surface area contributed by atoms with Crippen LogP contribution in [0.15, 0.2) is 60.7 Å². The molecule has 0 heterocycles. The van der Waals surface area contributed by atoms with Crippen LogP contribution in [0.5, 0.6) is 11.5 Å². The number of carboxylic acids is 1. The summed E-state index contributed by atoms with van der Waals surface area (Å²) in [5, 5.41) is 21.2. The van der Waals surface area contributed by atoms with Crippen molar-refractivity contribution in [3.63, 3.8) is 0 Å². The van der Waals surface area contributed by atoms with Gasteiger partial charge in [0.1, 0.15) is 17.5 Å². The minimum atomic E-state index is -1.12. The van der Waals surface area contributed by atoms with E-state index in [1.165, 1.54) is 16.7 Å². The lowest BCUT2D eigenvalue weighted by Crippen LogP contribution is -2.39. The normalized spacial score (nSPS) is 12.0. The molecular formula is C27H29NO5. The fourth-order valence-corrected chi connectivity index (χ4v) is 3.68. The van der Waals surface area contributed by atoms with Crippen molar-refractivity contribution in [2.45, 2.75) is 19.5 Å². The number of aliphatic hydroxyl groups excluding tert-OH is 1. The maximum Gasteiger partial charge on any atom is 0.323 e. The molecule has 0 saturated carbocycles. The van der Waals surface area contributed by atoms with E-state index in [0.717, 1.165) is 11.1 Å². The van der Waals surface area contributed by atoms with Crippen LogP contribution in [0.3, 0.4) is 0 Å². The van der Waals surface area contributed by atoms with Crippen LogP contribution in [0, 0.1) is 6.92 Å². The molecule has 3 aromatic rings. The zero-order valence-electron chi connectivity index (χ0n) is 19.0. The molecule has 0 aromatic heterocycles. The number of aliphatic hydroxyl groups is 1. The lowest BCUT2D eigenvalue weighted by molar-refractivity contribution is -0.140. The second-order valence-corrected chi connectivity index (χ2v) is 7.58. The SMILES string of the molecule is COc1cc(/C=C/c2cccc(-c3ccccc3)c2C)cc(OC)c1CN[C@H](CO)C(=O)O. The summed E-state index contributed by atoms with van der Waals surface area (Å²) in [5.74, 6) is 0.0137. The number of benzene rings is 3. The van der Waals surface area contributed by atoms with Gasteiger partial charge in [-0.1, -0.05) is 60.7 Å². The third-order valence-corrected chi connectivity index (χ3v) is 5.55. The quantitative estimate of drug-likeness (QED) is 0.400. The van der Waals surface area contributed by atoms with E-state index in [1.807, 2.05) is 42.5 Å². The Morgan fingerprint density at radius 1 is 1.00 bits per heavy atom. The first-order valence-electron chi connectivity index (χ1n) is 10.6. The Bertz CT molecular complexity index is 1100. The molecule has 3 N–H and O–H groups in total. The second kappa shape index (κ2) is 11.3. The van der Waals surface area contributed by atoms with Crippen LogP contribution in [-0.2, 0) is 11.3 Å². The number of methoxy groups -OCH3 is 2. The maximum atomic E-state index is 11.2. The van der Waals surface area contributed by atoms with Crippen LogP contribution in [0.2, 0.25) is 0 Å². The lowest BCUT2D eigenvalue weighted by atomic mass is 9.96. The van der Waals surface area contributed by atoms with Crippen molar-refractivity contribution < 1.29 is 24.5 Å². The Morgan fingerprint density at radius 2 is 1.67 bits per heavy atom. The molecule has 3 rings (SSSR count). The van der Waals surface area contributed by atoms with E-state index in [9.17, 15) is 9.90 Å². The Labute approximate surface area is 194 Å². The van der Waals surface area contributed by atoms with Crippen LogP contribution < -0.4 is 14.8 Å². The molecule has 3 aromatic carbocycles. The monoisotopic (exact) mass is 447 g/mol. The van der Waals surface area contributed by atoms with Crippen LogP contribution in [-0.4, -0.2) is 43.1 Å². The first-order chi connectivity index (χ1) is 16.0. The summed E-state index contributed by atoms with van der Waals surface area (Å²) in [5.41, 5.74) is 6.21. The largest absolute Gasteiger partial charge is 0.496 e. The van der Waals surface area contributed by atoms with Gasteiger partial charge in [0.25, 0.3) is 0 Å².